The van der Waals surface area contributed by atoms with Gasteiger partial charge in [0.05, 0.1) is 5.69 Å². The third-order valence-corrected chi connectivity index (χ3v) is 3.49. The molecule has 2 rings (SSSR count). The summed E-state index contributed by atoms with van der Waals surface area (Å²) < 4.78 is 18.9. The van der Waals surface area contributed by atoms with Crippen LogP contribution in [0.4, 0.5) is 15.8 Å². The molecule has 0 saturated carbocycles. The van der Waals surface area contributed by atoms with Crippen LogP contribution < -0.4 is 10.6 Å². The Balaban J connectivity index is 2.05. The topological polar surface area (TPSA) is 84.5 Å². The summed E-state index contributed by atoms with van der Waals surface area (Å²) in [6.07, 6.45) is 0. The molecule has 0 aliphatic carbocycles. The molecular formula is C17H14BrFN2O4. The Morgan fingerprint density at radius 2 is 1.88 bits per heavy atom. The average molecular weight is 409 g/mol. The smallest absolute Gasteiger partial charge is 0.303 e. The molecule has 0 spiro atoms. The highest BCUT2D eigenvalue weighted by molar-refractivity contribution is 9.10. The van der Waals surface area contributed by atoms with Crippen molar-refractivity contribution in [3.05, 3.63) is 58.3 Å². The SMILES string of the molecule is CC(=O)OCC(=O)Nc1cccc(C(=O)Nc2ccc(Br)cc2F)c1. The molecule has 0 unspecified atom stereocenters. The van der Waals surface area contributed by atoms with E-state index in [0.717, 1.165) is 0 Å². The van der Waals surface area contributed by atoms with Gasteiger partial charge in [-0.15, -0.1) is 0 Å². The standard InChI is InChI=1S/C17H14BrFN2O4/c1-10(22)25-9-16(23)20-13-4-2-3-11(7-13)17(24)21-15-6-5-12(18)8-14(15)19/h2-8H,9H2,1H3,(H,20,23)(H,21,24). The number of esters is 1. The van der Waals surface area contributed by atoms with Crippen molar-refractivity contribution in [3.63, 3.8) is 0 Å². The second-order valence-electron chi connectivity index (χ2n) is 4.99. The van der Waals surface area contributed by atoms with E-state index in [1.807, 2.05) is 0 Å². The molecule has 25 heavy (non-hydrogen) atoms. The third kappa shape index (κ3) is 5.68. The maximum Gasteiger partial charge on any atom is 0.303 e. The molecule has 0 heterocycles. The normalized spacial score (nSPS) is 10.0. The number of nitrogens with one attached hydrogen (secondary N) is 2. The van der Waals surface area contributed by atoms with Crippen molar-refractivity contribution in [3.8, 4) is 0 Å². The first-order valence-electron chi connectivity index (χ1n) is 7.15. The van der Waals surface area contributed by atoms with E-state index >= 15 is 0 Å². The first kappa shape index (κ1) is 18.6. The quantitative estimate of drug-likeness (QED) is 0.742. The van der Waals surface area contributed by atoms with Gasteiger partial charge in [0.2, 0.25) is 0 Å². The van der Waals surface area contributed by atoms with Gasteiger partial charge >= 0.3 is 5.97 Å². The van der Waals surface area contributed by atoms with Gasteiger partial charge in [-0.25, -0.2) is 4.39 Å². The fourth-order valence-corrected chi connectivity index (χ4v) is 2.22. The molecule has 0 atom stereocenters. The number of anilines is 2. The van der Waals surface area contributed by atoms with Crippen molar-refractivity contribution in [2.75, 3.05) is 17.2 Å². The Bertz CT molecular complexity index is 826. The van der Waals surface area contributed by atoms with Crippen molar-refractivity contribution in [1.82, 2.24) is 0 Å². The van der Waals surface area contributed by atoms with Gasteiger partial charge in [0.1, 0.15) is 5.82 Å². The number of amides is 2. The van der Waals surface area contributed by atoms with Crippen LogP contribution in [0.3, 0.4) is 0 Å². The molecular weight excluding hydrogens is 395 g/mol. The molecule has 0 radical (unpaired) electrons. The zero-order chi connectivity index (χ0) is 18.4. The van der Waals surface area contributed by atoms with Gasteiger partial charge in [-0.2, -0.15) is 0 Å². The van der Waals surface area contributed by atoms with Crippen LogP contribution in [0.15, 0.2) is 46.9 Å². The molecule has 0 fully saturated rings. The number of benzene rings is 2. The second-order valence-corrected chi connectivity index (χ2v) is 5.90. The van der Waals surface area contributed by atoms with Crippen molar-refractivity contribution >= 4 is 45.1 Å². The largest absolute Gasteiger partial charge is 0.456 e. The summed E-state index contributed by atoms with van der Waals surface area (Å²) in [5, 5.41) is 4.96. The van der Waals surface area contributed by atoms with Crippen molar-refractivity contribution in [2.24, 2.45) is 0 Å². The maximum atomic E-state index is 13.8. The first-order valence-corrected chi connectivity index (χ1v) is 7.94. The molecule has 0 bridgehead atoms. The second kappa shape index (κ2) is 8.39. The monoisotopic (exact) mass is 408 g/mol. The summed E-state index contributed by atoms with van der Waals surface area (Å²) in [4.78, 5) is 34.5. The van der Waals surface area contributed by atoms with Crippen LogP contribution in [0.2, 0.25) is 0 Å². The minimum absolute atomic E-state index is 0.0393. The summed E-state index contributed by atoms with van der Waals surface area (Å²) >= 11 is 3.14. The van der Waals surface area contributed by atoms with E-state index in [2.05, 4.69) is 31.3 Å². The van der Waals surface area contributed by atoms with E-state index in [9.17, 15) is 18.8 Å². The lowest BCUT2D eigenvalue weighted by atomic mass is 10.1. The van der Waals surface area contributed by atoms with Gasteiger partial charge in [-0.3, -0.25) is 14.4 Å². The Hall–Kier alpha value is -2.74. The van der Waals surface area contributed by atoms with Crippen LogP contribution in [-0.4, -0.2) is 24.4 Å². The minimum Gasteiger partial charge on any atom is -0.456 e. The average Bonchev–Trinajstić information content (AvgIpc) is 2.55. The molecule has 2 aromatic carbocycles. The van der Waals surface area contributed by atoms with E-state index in [1.54, 1.807) is 18.2 Å². The van der Waals surface area contributed by atoms with Gasteiger partial charge in [-0.1, -0.05) is 22.0 Å². The highest BCUT2D eigenvalue weighted by Gasteiger charge is 2.11. The lowest BCUT2D eigenvalue weighted by molar-refractivity contribution is -0.144. The first-order chi connectivity index (χ1) is 11.8. The minimum atomic E-state index is -0.575. The molecule has 0 aliphatic rings. The lowest BCUT2D eigenvalue weighted by Gasteiger charge is -2.09. The molecule has 2 aromatic rings. The van der Waals surface area contributed by atoms with Crippen LogP contribution in [0, 0.1) is 5.82 Å². The summed E-state index contributed by atoms with van der Waals surface area (Å²) in [5.41, 5.74) is 0.617. The van der Waals surface area contributed by atoms with Gasteiger partial charge in [-0.05, 0) is 36.4 Å². The van der Waals surface area contributed by atoms with E-state index in [-0.39, 0.29) is 11.3 Å². The predicted molar refractivity (Wildman–Crippen MR) is 93.8 cm³/mol. The van der Waals surface area contributed by atoms with Gasteiger partial charge < -0.3 is 15.4 Å². The Kier molecular flexibility index (Phi) is 6.24. The molecule has 0 aliphatic heterocycles. The zero-order valence-corrected chi connectivity index (χ0v) is 14.7. The summed E-state index contributed by atoms with van der Waals surface area (Å²) in [7, 11) is 0. The molecule has 0 aromatic heterocycles. The predicted octanol–water partition coefficient (Wildman–Crippen LogP) is 3.34. The van der Waals surface area contributed by atoms with Crippen LogP contribution in [0.25, 0.3) is 0 Å². The van der Waals surface area contributed by atoms with Crippen LogP contribution in [0.5, 0.6) is 0 Å². The molecule has 2 amide bonds. The van der Waals surface area contributed by atoms with Crippen LogP contribution >= 0.6 is 15.9 Å². The number of hydrogen-bond donors (Lipinski definition) is 2. The summed E-state index contributed by atoms with van der Waals surface area (Å²) in [5.74, 6) is -2.21. The number of ether oxygens (including phenoxy) is 1. The van der Waals surface area contributed by atoms with Crippen molar-refractivity contribution < 1.29 is 23.5 Å². The van der Waals surface area contributed by atoms with E-state index in [0.29, 0.717) is 10.2 Å². The molecule has 8 heteroatoms. The molecule has 130 valence electrons. The molecule has 2 N–H and O–H groups in total. The number of halogens is 2. The number of carbonyl (C=O) groups excluding carboxylic acids is 3. The Morgan fingerprint density at radius 3 is 2.56 bits per heavy atom. The number of carbonyl (C=O) groups is 3. The fourth-order valence-electron chi connectivity index (χ4n) is 1.89. The van der Waals surface area contributed by atoms with Crippen LogP contribution in [-0.2, 0) is 14.3 Å². The van der Waals surface area contributed by atoms with E-state index in [4.69, 9.17) is 0 Å². The van der Waals surface area contributed by atoms with Gasteiger partial charge in [0.25, 0.3) is 11.8 Å². The summed E-state index contributed by atoms with van der Waals surface area (Å²) in [6, 6.07) is 10.4. The highest BCUT2D eigenvalue weighted by atomic mass is 79.9. The summed E-state index contributed by atoms with van der Waals surface area (Å²) in [6.45, 7) is 0.773. The molecule has 0 saturated heterocycles. The Morgan fingerprint density at radius 1 is 1.12 bits per heavy atom. The van der Waals surface area contributed by atoms with E-state index in [1.165, 1.54) is 31.2 Å². The zero-order valence-electron chi connectivity index (χ0n) is 13.1. The van der Waals surface area contributed by atoms with Crippen molar-refractivity contribution in [2.45, 2.75) is 6.92 Å². The lowest BCUT2D eigenvalue weighted by Crippen LogP contribution is -2.20. The fraction of sp³-hybridized carbons (Fsp3) is 0.118. The van der Waals surface area contributed by atoms with Crippen molar-refractivity contribution in [1.29, 1.82) is 0 Å². The van der Waals surface area contributed by atoms with Gasteiger partial charge in [0.15, 0.2) is 6.61 Å². The highest BCUT2D eigenvalue weighted by Crippen LogP contribution is 2.20. The third-order valence-electron chi connectivity index (χ3n) is 2.99. The maximum absolute atomic E-state index is 13.8. The molecule has 6 nitrogen and oxygen atoms in total. The van der Waals surface area contributed by atoms with E-state index < -0.39 is 30.2 Å². The Labute approximate surface area is 151 Å². The van der Waals surface area contributed by atoms with Crippen LogP contribution in [0.1, 0.15) is 17.3 Å². The number of hydrogen-bond acceptors (Lipinski definition) is 4. The van der Waals surface area contributed by atoms with Gasteiger partial charge in [0, 0.05) is 22.6 Å². The number of rotatable bonds is 5.